The van der Waals surface area contributed by atoms with E-state index in [1.165, 1.54) is 11.3 Å². The summed E-state index contributed by atoms with van der Waals surface area (Å²) in [5.74, 6) is 0.487. The Labute approximate surface area is 153 Å². The van der Waals surface area contributed by atoms with E-state index in [0.717, 1.165) is 17.2 Å². The molecular weight excluding hydrogens is 336 g/mol. The molecule has 0 aliphatic heterocycles. The second-order valence-corrected chi connectivity index (χ2v) is 14.1. The van der Waals surface area contributed by atoms with Crippen molar-refractivity contribution in [2.24, 2.45) is 5.92 Å². The van der Waals surface area contributed by atoms with Crippen molar-refractivity contribution >= 4 is 19.7 Å². The van der Waals surface area contributed by atoms with E-state index in [1.54, 1.807) is 0 Å². The van der Waals surface area contributed by atoms with Gasteiger partial charge in [0.15, 0.2) is 8.32 Å². The summed E-state index contributed by atoms with van der Waals surface area (Å²) in [4.78, 5) is 4.61. The Hall–Kier alpha value is -0.273. The number of thiazole rings is 1. The quantitative estimate of drug-likeness (QED) is 0.616. The Morgan fingerprint density at radius 3 is 2.46 bits per heavy atom. The zero-order valence-electron chi connectivity index (χ0n) is 16.6. The van der Waals surface area contributed by atoms with Gasteiger partial charge >= 0.3 is 0 Å². The summed E-state index contributed by atoms with van der Waals surface area (Å²) >= 11 is 1.53. The second-order valence-electron chi connectivity index (χ2n) is 8.39. The van der Waals surface area contributed by atoms with Gasteiger partial charge in [0.05, 0.1) is 12.3 Å². The molecule has 4 nitrogen and oxygen atoms in total. The van der Waals surface area contributed by atoms with E-state index in [2.05, 4.69) is 64.9 Å². The Morgan fingerprint density at radius 2 is 1.96 bits per heavy atom. The standard InChI is InChI=1S/C18H36N2O2SSi/c1-9-19-15(13(2)3)10-16(21)17-20-14(12-23-17)11-22-24(7,8)18(4,5)6/h12-13,15-16,19,21H,9-11H2,1-8H3/t15-,16-/m1/s1. The average Bonchev–Trinajstić information content (AvgIpc) is 2.92. The van der Waals surface area contributed by atoms with Crippen LogP contribution in [0.25, 0.3) is 0 Å². The number of nitrogens with one attached hydrogen (secondary N) is 1. The molecule has 0 bridgehead atoms. The highest BCUT2D eigenvalue weighted by atomic mass is 32.1. The highest BCUT2D eigenvalue weighted by Gasteiger charge is 2.37. The van der Waals surface area contributed by atoms with Gasteiger partial charge in [0.25, 0.3) is 0 Å². The first-order chi connectivity index (χ1) is 11.0. The average molecular weight is 373 g/mol. The van der Waals surface area contributed by atoms with Crippen LogP contribution in [0, 0.1) is 5.92 Å². The molecule has 24 heavy (non-hydrogen) atoms. The molecule has 0 aliphatic rings. The van der Waals surface area contributed by atoms with E-state index in [4.69, 9.17) is 4.43 Å². The van der Waals surface area contributed by atoms with Crippen LogP contribution in [0.5, 0.6) is 0 Å². The summed E-state index contributed by atoms with van der Waals surface area (Å²) < 4.78 is 6.22. The van der Waals surface area contributed by atoms with Crippen LogP contribution in [-0.2, 0) is 11.0 Å². The summed E-state index contributed by atoms with van der Waals surface area (Å²) in [7, 11) is -1.77. The predicted octanol–water partition coefficient (Wildman–Crippen LogP) is 4.72. The Kier molecular flexibility index (Phi) is 8.07. The van der Waals surface area contributed by atoms with Crippen LogP contribution in [0.1, 0.15) is 64.8 Å². The van der Waals surface area contributed by atoms with E-state index >= 15 is 0 Å². The number of aromatic nitrogens is 1. The van der Waals surface area contributed by atoms with Crippen LogP contribution in [0.4, 0.5) is 0 Å². The summed E-state index contributed by atoms with van der Waals surface area (Å²) in [6.45, 7) is 19.1. The molecule has 2 atom stereocenters. The zero-order chi connectivity index (χ0) is 18.5. The molecule has 0 aromatic carbocycles. The molecule has 0 spiro atoms. The van der Waals surface area contributed by atoms with E-state index in [9.17, 15) is 5.11 Å². The molecule has 0 unspecified atom stereocenters. The lowest BCUT2D eigenvalue weighted by Gasteiger charge is -2.35. The molecule has 1 aromatic rings. The normalized spacial score (nSPS) is 15.8. The van der Waals surface area contributed by atoms with Gasteiger partial charge in [-0.3, -0.25) is 0 Å². The van der Waals surface area contributed by atoms with Gasteiger partial charge in [-0.2, -0.15) is 0 Å². The number of rotatable bonds is 9. The van der Waals surface area contributed by atoms with E-state index in [0.29, 0.717) is 25.0 Å². The van der Waals surface area contributed by atoms with Crippen molar-refractivity contribution in [1.29, 1.82) is 0 Å². The van der Waals surface area contributed by atoms with Crippen molar-refractivity contribution in [2.75, 3.05) is 6.54 Å². The largest absolute Gasteiger partial charge is 0.411 e. The van der Waals surface area contributed by atoms with Crippen molar-refractivity contribution in [3.63, 3.8) is 0 Å². The van der Waals surface area contributed by atoms with Gasteiger partial charge in [0, 0.05) is 11.4 Å². The molecule has 0 saturated carbocycles. The highest BCUT2D eigenvalue weighted by molar-refractivity contribution is 7.09. The molecule has 0 radical (unpaired) electrons. The number of hydrogen-bond donors (Lipinski definition) is 2. The molecule has 1 aromatic heterocycles. The summed E-state index contributed by atoms with van der Waals surface area (Å²) in [5, 5.41) is 17.0. The zero-order valence-corrected chi connectivity index (χ0v) is 18.5. The number of aliphatic hydroxyl groups excluding tert-OH is 1. The van der Waals surface area contributed by atoms with E-state index in [-0.39, 0.29) is 5.04 Å². The first kappa shape index (κ1) is 21.8. The van der Waals surface area contributed by atoms with E-state index in [1.807, 2.05) is 5.38 Å². The Balaban J connectivity index is 2.65. The minimum absolute atomic E-state index is 0.196. The molecule has 6 heteroatoms. The lowest BCUT2D eigenvalue weighted by atomic mass is 9.98. The first-order valence-electron chi connectivity index (χ1n) is 8.97. The van der Waals surface area contributed by atoms with Crippen LogP contribution in [0.2, 0.25) is 18.1 Å². The van der Waals surface area contributed by atoms with Crippen LogP contribution in [0.15, 0.2) is 5.38 Å². The molecule has 0 amide bonds. The van der Waals surface area contributed by atoms with Gasteiger partial charge in [0.1, 0.15) is 11.1 Å². The predicted molar refractivity (Wildman–Crippen MR) is 106 cm³/mol. The molecule has 1 rings (SSSR count). The number of hydrogen-bond acceptors (Lipinski definition) is 5. The first-order valence-corrected chi connectivity index (χ1v) is 12.8. The highest BCUT2D eigenvalue weighted by Crippen LogP contribution is 2.37. The maximum Gasteiger partial charge on any atom is 0.192 e. The summed E-state index contributed by atoms with van der Waals surface area (Å²) in [6, 6.07) is 0.306. The Morgan fingerprint density at radius 1 is 1.33 bits per heavy atom. The smallest absolute Gasteiger partial charge is 0.192 e. The maximum absolute atomic E-state index is 10.5. The molecule has 2 N–H and O–H groups in total. The fraction of sp³-hybridized carbons (Fsp3) is 0.833. The summed E-state index contributed by atoms with van der Waals surface area (Å²) in [6.07, 6.45) is 0.185. The Bertz CT molecular complexity index is 497. The van der Waals surface area contributed by atoms with Crippen molar-refractivity contribution < 1.29 is 9.53 Å². The minimum Gasteiger partial charge on any atom is -0.411 e. The lowest BCUT2D eigenvalue weighted by molar-refractivity contribution is 0.140. The van der Waals surface area contributed by atoms with Gasteiger partial charge in [0.2, 0.25) is 0 Å². The third-order valence-corrected chi connectivity index (χ3v) is 10.5. The minimum atomic E-state index is -1.77. The van der Waals surface area contributed by atoms with Gasteiger partial charge in [-0.25, -0.2) is 4.98 Å². The lowest BCUT2D eigenvalue weighted by Crippen LogP contribution is -2.40. The van der Waals surface area contributed by atoms with Crippen molar-refractivity contribution in [3.8, 4) is 0 Å². The topological polar surface area (TPSA) is 54.4 Å². The SMILES string of the molecule is CCN[C@H](C[C@@H](O)c1nc(CO[Si](C)(C)C(C)(C)C)cs1)C(C)C. The van der Waals surface area contributed by atoms with Gasteiger partial charge in [-0.15, -0.1) is 11.3 Å². The molecule has 0 aliphatic carbocycles. The van der Waals surface area contributed by atoms with Crippen molar-refractivity contribution in [1.82, 2.24) is 10.3 Å². The van der Waals surface area contributed by atoms with Gasteiger partial charge in [-0.1, -0.05) is 41.5 Å². The van der Waals surface area contributed by atoms with Crippen LogP contribution in [-0.4, -0.2) is 31.0 Å². The van der Waals surface area contributed by atoms with Crippen LogP contribution >= 0.6 is 11.3 Å². The van der Waals surface area contributed by atoms with Crippen LogP contribution < -0.4 is 5.32 Å². The number of nitrogens with zero attached hydrogens (tertiary/aromatic N) is 1. The third-order valence-electron chi connectivity index (χ3n) is 4.99. The van der Waals surface area contributed by atoms with Crippen molar-refractivity contribution in [3.05, 3.63) is 16.1 Å². The molecular formula is C18H36N2O2SSi. The fourth-order valence-corrected chi connectivity index (χ4v) is 3.95. The van der Waals surface area contributed by atoms with Crippen LogP contribution in [0.3, 0.4) is 0 Å². The van der Waals surface area contributed by atoms with E-state index < -0.39 is 14.4 Å². The third kappa shape index (κ3) is 6.22. The fourth-order valence-electron chi connectivity index (χ4n) is 2.21. The molecule has 140 valence electrons. The molecule has 0 fully saturated rings. The number of aliphatic hydroxyl groups is 1. The summed E-state index contributed by atoms with van der Waals surface area (Å²) in [5.41, 5.74) is 0.934. The molecule has 1 heterocycles. The van der Waals surface area contributed by atoms with Gasteiger partial charge < -0.3 is 14.8 Å². The monoisotopic (exact) mass is 372 g/mol. The molecule has 0 saturated heterocycles. The second kappa shape index (κ2) is 8.90. The maximum atomic E-state index is 10.5. The van der Waals surface area contributed by atoms with Gasteiger partial charge in [-0.05, 0) is 37.0 Å². The van der Waals surface area contributed by atoms with Crippen molar-refractivity contribution in [2.45, 2.75) is 84.8 Å².